The summed E-state index contributed by atoms with van der Waals surface area (Å²) in [6, 6.07) is -0.0197. The average molecular weight is 263 g/mol. The highest BCUT2D eigenvalue weighted by Crippen LogP contribution is 2.15. The van der Waals surface area contributed by atoms with Gasteiger partial charge in [-0.15, -0.1) is 11.6 Å². The fraction of sp³-hybridized carbons (Fsp3) is 0.818. The molecule has 0 aromatic heterocycles. The molecule has 0 aromatic carbocycles. The summed E-state index contributed by atoms with van der Waals surface area (Å²) < 4.78 is 5.25. The fourth-order valence-electron chi connectivity index (χ4n) is 1.64. The molecule has 1 atom stereocenters. The summed E-state index contributed by atoms with van der Waals surface area (Å²) in [5.41, 5.74) is -0.492. The van der Waals surface area contributed by atoms with Gasteiger partial charge in [0, 0.05) is 19.1 Å². The number of carbonyl (C=O) groups excluding carboxylic acids is 2. The molecule has 98 valence electrons. The SMILES string of the molecule is CC(C)(C)OC(=O)N1CC[C@H](NC(=O)CCl)C1. The summed E-state index contributed by atoms with van der Waals surface area (Å²) in [6.07, 6.45) is 0.405. The molecule has 0 radical (unpaired) electrons. The van der Waals surface area contributed by atoms with E-state index in [0.29, 0.717) is 13.1 Å². The second-order valence-corrected chi connectivity index (χ2v) is 5.38. The fourth-order valence-corrected chi connectivity index (χ4v) is 1.71. The number of amides is 2. The lowest BCUT2D eigenvalue weighted by Gasteiger charge is -2.24. The quantitative estimate of drug-likeness (QED) is 0.765. The van der Waals surface area contributed by atoms with Gasteiger partial charge in [-0.3, -0.25) is 4.79 Å². The van der Waals surface area contributed by atoms with Crippen LogP contribution in [0.15, 0.2) is 0 Å². The molecule has 2 amide bonds. The lowest BCUT2D eigenvalue weighted by Crippen LogP contribution is -2.40. The Balaban J connectivity index is 2.39. The third-order valence-electron chi connectivity index (χ3n) is 2.33. The van der Waals surface area contributed by atoms with Crippen molar-refractivity contribution in [2.45, 2.75) is 38.8 Å². The van der Waals surface area contributed by atoms with Crippen LogP contribution in [-0.2, 0) is 9.53 Å². The molecule has 0 saturated carbocycles. The molecule has 6 heteroatoms. The van der Waals surface area contributed by atoms with E-state index in [0.717, 1.165) is 6.42 Å². The van der Waals surface area contributed by atoms with Crippen molar-refractivity contribution in [3.8, 4) is 0 Å². The normalized spacial score (nSPS) is 20.2. The molecular formula is C11H19ClN2O3. The Morgan fingerprint density at radius 3 is 2.65 bits per heavy atom. The van der Waals surface area contributed by atoms with Crippen molar-refractivity contribution in [3.05, 3.63) is 0 Å². The number of nitrogens with zero attached hydrogens (tertiary/aromatic N) is 1. The van der Waals surface area contributed by atoms with Gasteiger partial charge in [0.15, 0.2) is 0 Å². The summed E-state index contributed by atoms with van der Waals surface area (Å²) in [6.45, 7) is 6.56. The maximum Gasteiger partial charge on any atom is 0.410 e. The predicted octanol–water partition coefficient (Wildman–Crippen LogP) is 1.35. The number of carbonyl (C=O) groups is 2. The molecule has 1 N–H and O–H groups in total. The van der Waals surface area contributed by atoms with Crippen LogP contribution in [0.1, 0.15) is 27.2 Å². The zero-order valence-electron chi connectivity index (χ0n) is 10.5. The van der Waals surface area contributed by atoms with Crippen molar-refractivity contribution in [2.75, 3.05) is 19.0 Å². The van der Waals surface area contributed by atoms with E-state index in [1.165, 1.54) is 0 Å². The number of hydrogen-bond donors (Lipinski definition) is 1. The van der Waals surface area contributed by atoms with Crippen LogP contribution in [0.5, 0.6) is 0 Å². The molecule has 17 heavy (non-hydrogen) atoms. The third kappa shape index (κ3) is 4.81. The molecule has 0 spiro atoms. The van der Waals surface area contributed by atoms with Crippen molar-refractivity contribution in [1.29, 1.82) is 0 Å². The predicted molar refractivity (Wildman–Crippen MR) is 65.1 cm³/mol. The molecule has 1 fully saturated rings. The van der Waals surface area contributed by atoms with Crippen LogP contribution < -0.4 is 5.32 Å². The van der Waals surface area contributed by atoms with Gasteiger partial charge in [-0.05, 0) is 27.2 Å². The monoisotopic (exact) mass is 262 g/mol. The zero-order valence-corrected chi connectivity index (χ0v) is 11.2. The Kier molecular flexibility index (Phi) is 4.62. The summed E-state index contributed by atoms with van der Waals surface area (Å²) in [4.78, 5) is 24.4. The van der Waals surface area contributed by atoms with Gasteiger partial charge in [-0.1, -0.05) is 0 Å². The summed E-state index contributed by atoms with van der Waals surface area (Å²) in [5.74, 6) is -0.258. The number of ether oxygens (including phenoxy) is 1. The number of halogens is 1. The van der Waals surface area contributed by atoms with Gasteiger partial charge in [0.2, 0.25) is 5.91 Å². The van der Waals surface area contributed by atoms with E-state index in [-0.39, 0.29) is 23.9 Å². The molecule has 1 aliphatic rings. The van der Waals surface area contributed by atoms with Crippen LogP contribution in [0.25, 0.3) is 0 Å². The van der Waals surface area contributed by atoms with E-state index in [9.17, 15) is 9.59 Å². The highest BCUT2D eigenvalue weighted by Gasteiger charge is 2.30. The largest absolute Gasteiger partial charge is 0.444 e. The Bertz CT molecular complexity index is 302. The van der Waals surface area contributed by atoms with Gasteiger partial charge in [-0.25, -0.2) is 4.79 Å². The second kappa shape index (κ2) is 5.58. The van der Waals surface area contributed by atoms with Crippen LogP contribution in [0, 0.1) is 0 Å². The van der Waals surface area contributed by atoms with Gasteiger partial charge in [0.1, 0.15) is 11.5 Å². The second-order valence-electron chi connectivity index (χ2n) is 5.11. The average Bonchev–Trinajstić information content (AvgIpc) is 2.63. The topological polar surface area (TPSA) is 58.6 Å². The molecule has 1 aliphatic heterocycles. The number of rotatable bonds is 2. The van der Waals surface area contributed by atoms with E-state index in [1.807, 2.05) is 20.8 Å². The minimum Gasteiger partial charge on any atom is -0.444 e. The molecule has 0 aromatic rings. The van der Waals surface area contributed by atoms with Crippen molar-refractivity contribution < 1.29 is 14.3 Å². The minimum absolute atomic E-state index is 0.0197. The van der Waals surface area contributed by atoms with Gasteiger partial charge in [0.25, 0.3) is 0 Å². The summed E-state index contributed by atoms with van der Waals surface area (Å²) >= 11 is 5.40. The zero-order chi connectivity index (χ0) is 13.1. The van der Waals surface area contributed by atoms with Crippen molar-refractivity contribution in [1.82, 2.24) is 10.2 Å². The van der Waals surface area contributed by atoms with Gasteiger partial charge in [-0.2, -0.15) is 0 Å². The Morgan fingerprint density at radius 1 is 1.47 bits per heavy atom. The summed E-state index contributed by atoms with van der Waals surface area (Å²) in [7, 11) is 0. The molecule has 0 bridgehead atoms. The standard InChI is InChI=1S/C11H19ClN2O3/c1-11(2,3)17-10(16)14-5-4-8(7-14)13-9(15)6-12/h8H,4-7H2,1-3H3,(H,13,15)/t8-/m0/s1. The van der Waals surface area contributed by atoms with E-state index in [1.54, 1.807) is 4.90 Å². The maximum absolute atomic E-state index is 11.7. The van der Waals surface area contributed by atoms with Crippen LogP contribution in [0.3, 0.4) is 0 Å². The molecular weight excluding hydrogens is 244 g/mol. The van der Waals surface area contributed by atoms with E-state index in [2.05, 4.69) is 5.32 Å². The van der Waals surface area contributed by atoms with Gasteiger partial charge < -0.3 is 15.0 Å². The van der Waals surface area contributed by atoms with E-state index < -0.39 is 5.60 Å². The number of nitrogens with one attached hydrogen (secondary N) is 1. The Hall–Kier alpha value is -0.970. The minimum atomic E-state index is -0.492. The Morgan fingerprint density at radius 2 is 2.12 bits per heavy atom. The summed E-state index contributed by atoms with van der Waals surface area (Å²) in [5, 5.41) is 2.76. The van der Waals surface area contributed by atoms with Crippen molar-refractivity contribution in [2.24, 2.45) is 0 Å². The Labute approximate surface area is 106 Å². The van der Waals surface area contributed by atoms with Crippen LogP contribution >= 0.6 is 11.6 Å². The van der Waals surface area contributed by atoms with Crippen LogP contribution in [-0.4, -0.2) is 47.5 Å². The van der Waals surface area contributed by atoms with Crippen molar-refractivity contribution in [3.63, 3.8) is 0 Å². The third-order valence-corrected chi connectivity index (χ3v) is 2.57. The van der Waals surface area contributed by atoms with Crippen LogP contribution in [0.2, 0.25) is 0 Å². The molecule has 1 heterocycles. The molecule has 0 unspecified atom stereocenters. The van der Waals surface area contributed by atoms with E-state index >= 15 is 0 Å². The lowest BCUT2D eigenvalue weighted by molar-refractivity contribution is -0.119. The number of alkyl halides is 1. The molecule has 5 nitrogen and oxygen atoms in total. The number of hydrogen-bond acceptors (Lipinski definition) is 3. The van der Waals surface area contributed by atoms with Gasteiger partial charge >= 0.3 is 6.09 Å². The smallest absolute Gasteiger partial charge is 0.410 e. The first-order valence-electron chi connectivity index (χ1n) is 5.65. The first kappa shape index (κ1) is 14.1. The highest BCUT2D eigenvalue weighted by molar-refractivity contribution is 6.27. The molecule has 1 saturated heterocycles. The van der Waals surface area contributed by atoms with Gasteiger partial charge in [0.05, 0.1) is 0 Å². The molecule has 0 aliphatic carbocycles. The maximum atomic E-state index is 11.7. The highest BCUT2D eigenvalue weighted by atomic mass is 35.5. The van der Waals surface area contributed by atoms with Crippen molar-refractivity contribution >= 4 is 23.6 Å². The first-order chi connectivity index (χ1) is 7.81. The first-order valence-corrected chi connectivity index (χ1v) is 6.18. The number of likely N-dealkylation sites (tertiary alicyclic amines) is 1. The lowest BCUT2D eigenvalue weighted by atomic mass is 10.2. The van der Waals surface area contributed by atoms with E-state index in [4.69, 9.17) is 16.3 Å². The molecule has 1 rings (SSSR count). The van der Waals surface area contributed by atoms with Crippen LogP contribution in [0.4, 0.5) is 4.79 Å².